The van der Waals surface area contributed by atoms with Gasteiger partial charge < -0.3 is 16.2 Å². The van der Waals surface area contributed by atoms with E-state index in [1.165, 1.54) is 0 Å². The molecular formula is C8H14N2O4. The van der Waals surface area contributed by atoms with E-state index in [1.807, 2.05) is 0 Å². The van der Waals surface area contributed by atoms with E-state index in [9.17, 15) is 14.4 Å². The van der Waals surface area contributed by atoms with E-state index < -0.39 is 11.9 Å². The maximum atomic E-state index is 10.9. The van der Waals surface area contributed by atoms with Gasteiger partial charge in [0.1, 0.15) is 0 Å². The van der Waals surface area contributed by atoms with Crippen molar-refractivity contribution in [1.29, 1.82) is 0 Å². The van der Waals surface area contributed by atoms with Crippen LogP contribution in [0, 0.1) is 0 Å². The number of aliphatic carboxylic acids is 1. The summed E-state index contributed by atoms with van der Waals surface area (Å²) in [5, 5.41) is 10.6. The van der Waals surface area contributed by atoms with Gasteiger partial charge in [0.2, 0.25) is 11.8 Å². The van der Waals surface area contributed by atoms with Crippen LogP contribution in [-0.4, -0.2) is 29.4 Å². The van der Waals surface area contributed by atoms with Crippen LogP contribution in [0.25, 0.3) is 0 Å². The van der Waals surface area contributed by atoms with Gasteiger partial charge in [0.15, 0.2) is 0 Å². The first-order valence-corrected chi connectivity index (χ1v) is 4.29. The number of hydrogen-bond acceptors (Lipinski definition) is 3. The predicted octanol–water partition coefficient (Wildman–Crippen LogP) is -0.767. The summed E-state index contributed by atoms with van der Waals surface area (Å²) in [7, 11) is 0. The Hall–Kier alpha value is -1.59. The fourth-order valence-corrected chi connectivity index (χ4v) is 0.836. The molecule has 0 unspecified atom stereocenters. The molecule has 0 heterocycles. The van der Waals surface area contributed by atoms with Crippen molar-refractivity contribution in [2.24, 2.45) is 5.73 Å². The average molecular weight is 202 g/mol. The Kier molecular flexibility index (Phi) is 6.09. The van der Waals surface area contributed by atoms with Crippen LogP contribution in [0.3, 0.4) is 0 Å². The summed E-state index contributed by atoms with van der Waals surface area (Å²) in [5.74, 6) is -1.75. The largest absolute Gasteiger partial charge is 0.481 e. The van der Waals surface area contributed by atoms with Crippen LogP contribution >= 0.6 is 0 Å². The van der Waals surface area contributed by atoms with Gasteiger partial charge in [0.25, 0.3) is 0 Å². The van der Waals surface area contributed by atoms with Gasteiger partial charge in [-0.05, 0) is 12.8 Å². The van der Waals surface area contributed by atoms with Gasteiger partial charge in [0.05, 0.1) is 6.54 Å². The van der Waals surface area contributed by atoms with Crippen LogP contribution in [0.5, 0.6) is 0 Å². The zero-order chi connectivity index (χ0) is 11.0. The predicted molar refractivity (Wildman–Crippen MR) is 48.3 cm³/mol. The summed E-state index contributed by atoms with van der Waals surface area (Å²) in [5.41, 5.74) is 4.80. The number of nitrogens with two attached hydrogens (primary N) is 1. The van der Waals surface area contributed by atoms with E-state index >= 15 is 0 Å². The monoisotopic (exact) mass is 202 g/mol. The fourth-order valence-electron chi connectivity index (χ4n) is 0.836. The number of rotatable bonds is 7. The van der Waals surface area contributed by atoms with Crippen molar-refractivity contribution >= 4 is 17.8 Å². The third-order valence-corrected chi connectivity index (χ3v) is 1.50. The number of unbranched alkanes of at least 4 members (excludes halogenated alkanes) is 1. The lowest BCUT2D eigenvalue weighted by atomic mass is 10.2. The van der Waals surface area contributed by atoms with Crippen LogP contribution in [0.4, 0.5) is 0 Å². The van der Waals surface area contributed by atoms with Gasteiger partial charge in [-0.2, -0.15) is 0 Å². The van der Waals surface area contributed by atoms with Crippen molar-refractivity contribution in [3.05, 3.63) is 0 Å². The van der Waals surface area contributed by atoms with Crippen molar-refractivity contribution in [3.8, 4) is 0 Å². The van der Waals surface area contributed by atoms with Crippen molar-refractivity contribution in [1.82, 2.24) is 5.32 Å². The summed E-state index contributed by atoms with van der Waals surface area (Å²) in [4.78, 5) is 31.3. The Labute approximate surface area is 81.5 Å². The van der Waals surface area contributed by atoms with E-state index in [1.54, 1.807) is 0 Å². The topological polar surface area (TPSA) is 109 Å². The molecule has 0 aromatic carbocycles. The van der Waals surface area contributed by atoms with Gasteiger partial charge in [-0.15, -0.1) is 0 Å². The summed E-state index contributed by atoms with van der Waals surface area (Å²) in [6, 6.07) is 0. The number of carboxylic acids is 1. The quantitative estimate of drug-likeness (QED) is 0.471. The number of carbonyl (C=O) groups excluding carboxylic acids is 2. The standard InChI is InChI=1S/C8H14N2O4/c9-6(11)5-10-7(12)3-1-2-4-8(13)14/h1-5H2,(H2,9,11)(H,10,12)(H,13,14). The molecule has 6 nitrogen and oxygen atoms in total. The number of amides is 2. The van der Waals surface area contributed by atoms with Gasteiger partial charge in [0, 0.05) is 12.8 Å². The lowest BCUT2D eigenvalue weighted by Gasteiger charge is -2.01. The second-order valence-corrected chi connectivity index (χ2v) is 2.84. The minimum atomic E-state index is -0.873. The molecular weight excluding hydrogens is 188 g/mol. The Morgan fingerprint density at radius 2 is 1.71 bits per heavy atom. The molecule has 2 amide bonds. The van der Waals surface area contributed by atoms with Crippen molar-refractivity contribution in [2.45, 2.75) is 25.7 Å². The number of nitrogens with one attached hydrogen (secondary N) is 1. The lowest BCUT2D eigenvalue weighted by Crippen LogP contribution is -2.33. The maximum Gasteiger partial charge on any atom is 0.303 e. The molecule has 14 heavy (non-hydrogen) atoms. The van der Waals surface area contributed by atoms with Gasteiger partial charge in [-0.3, -0.25) is 14.4 Å². The Bertz CT molecular complexity index is 227. The smallest absolute Gasteiger partial charge is 0.303 e. The van der Waals surface area contributed by atoms with Crippen molar-refractivity contribution in [3.63, 3.8) is 0 Å². The normalized spacial score (nSPS) is 9.43. The highest BCUT2D eigenvalue weighted by Gasteiger charge is 2.03. The molecule has 0 atom stereocenters. The highest BCUT2D eigenvalue weighted by atomic mass is 16.4. The fraction of sp³-hybridized carbons (Fsp3) is 0.625. The summed E-state index contributed by atoms with van der Waals surface area (Å²) in [6.07, 6.45) is 1.24. The zero-order valence-electron chi connectivity index (χ0n) is 7.78. The summed E-state index contributed by atoms with van der Waals surface area (Å²) < 4.78 is 0. The summed E-state index contributed by atoms with van der Waals surface area (Å²) >= 11 is 0. The number of carbonyl (C=O) groups is 3. The molecule has 0 aromatic heterocycles. The first kappa shape index (κ1) is 12.4. The van der Waals surface area contributed by atoms with E-state index in [2.05, 4.69) is 5.32 Å². The van der Waals surface area contributed by atoms with Gasteiger partial charge in [-0.25, -0.2) is 0 Å². The highest BCUT2D eigenvalue weighted by Crippen LogP contribution is 1.99. The minimum absolute atomic E-state index is 0.0586. The van der Waals surface area contributed by atoms with Crippen LogP contribution in [-0.2, 0) is 14.4 Å². The van der Waals surface area contributed by atoms with Crippen molar-refractivity contribution in [2.75, 3.05) is 6.54 Å². The van der Waals surface area contributed by atoms with E-state index in [-0.39, 0.29) is 25.3 Å². The molecule has 0 fully saturated rings. The number of carboxylic acid groups (broad SMARTS) is 1. The molecule has 0 rings (SSSR count). The Balaban J connectivity index is 3.36. The zero-order valence-corrected chi connectivity index (χ0v) is 7.78. The van der Waals surface area contributed by atoms with Crippen LogP contribution in [0.2, 0.25) is 0 Å². The van der Waals surface area contributed by atoms with Crippen LogP contribution in [0.1, 0.15) is 25.7 Å². The Morgan fingerprint density at radius 1 is 1.14 bits per heavy atom. The molecule has 80 valence electrons. The maximum absolute atomic E-state index is 10.9. The molecule has 0 bridgehead atoms. The second kappa shape index (κ2) is 6.88. The first-order chi connectivity index (χ1) is 6.52. The average Bonchev–Trinajstić information content (AvgIpc) is 2.08. The molecule has 0 spiro atoms. The van der Waals surface area contributed by atoms with Gasteiger partial charge in [-0.1, -0.05) is 0 Å². The second-order valence-electron chi connectivity index (χ2n) is 2.84. The van der Waals surface area contributed by atoms with E-state index in [4.69, 9.17) is 10.8 Å². The SMILES string of the molecule is NC(=O)CNC(=O)CCCCC(=O)O. The van der Waals surface area contributed by atoms with E-state index in [0.29, 0.717) is 12.8 Å². The molecule has 0 aliphatic rings. The molecule has 0 saturated carbocycles. The molecule has 0 saturated heterocycles. The molecule has 0 aliphatic heterocycles. The highest BCUT2D eigenvalue weighted by molar-refractivity contribution is 5.83. The molecule has 0 aromatic rings. The third kappa shape index (κ3) is 8.51. The summed E-state index contributed by atoms with van der Waals surface area (Å²) in [6.45, 7) is -0.169. The lowest BCUT2D eigenvalue weighted by molar-refractivity contribution is -0.137. The third-order valence-electron chi connectivity index (χ3n) is 1.50. The van der Waals surface area contributed by atoms with Crippen LogP contribution in [0.15, 0.2) is 0 Å². The Morgan fingerprint density at radius 3 is 2.21 bits per heavy atom. The number of hydrogen-bond donors (Lipinski definition) is 3. The van der Waals surface area contributed by atoms with Crippen LogP contribution < -0.4 is 11.1 Å². The minimum Gasteiger partial charge on any atom is -0.481 e. The first-order valence-electron chi connectivity index (χ1n) is 4.29. The van der Waals surface area contributed by atoms with Crippen molar-refractivity contribution < 1.29 is 19.5 Å². The van der Waals surface area contributed by atoms with Gasteiger partial charge >= 0.3 is 5.97 Å². The molecule has 0 radical (unpaired) electrons. The number of primary amides is 1. The molecule has 4 N–H and O–H groups in total. The molecule has 6 heteroatoms. The van der Waals surface area contributed by atoms with E-state index in [0.717, 1.165) is 0 Å². The molecule has 0 aliphatic carbocycles.